The van der Waals surface area contributed by atoms with Crippen LogP contribution in [0.5, 0.6) is 0 Å². The normalized spacial score (nSPS) is 10.8. The van der Waals surface area contributed by atoms with Crippen molar-refractivity contribution in [3.63, 3.8) is 0 Å². The lowest BCUT2D eigenvalue weighted by molar-refractivity contribution is 0.179. The molecule has 17 heavy (non-hydrogen) atoms. The zero-order valence-corrected chi connectivity index (χ0v) is 11.6. The van der Waals surface area contributed by atoms with Gasteiger partial charge in [-0.25, -0.2) is 9.97 Å². The van der Waals surface area contributed by atoms with Crippen molar-refractivity contribution < 1.29 is 4.74 Å². The summed E-state index contributed by atoms with van der Waals surface area (Å²) in [6, 6.07) is 0. The van der Waals surface area contributed by atoms with Gasteiger partial charge in [0.15, 0.2) is 5.82 Å². The molecule has 92 valence electrons. The van der Waals surface area contributed by atoms with E-state index in [1.54, 1.807) is 18.4 Å². The maximum Gasteiger partial charge on any atom is 0.202 e. The lowest BCUT2D eigenvalue weighted by Gasteiger charge is -1.99. The Morgan fingerprint density at radius 3 is 2.76 bits per heavy atom. The molecule has 2 rings (SSSR count). The second-order valence-electron chi connectivity index (χ2n) is 3.54. The standard InChI is InChI=1S/C10H14N4OS2/c1-6-8(12-7(2)16-6)4-11-10-13-9(5-15-3)14-17-10/h4-5H2,1-3H3,(H,11,13,14). The monoisotopic (exact) mass is 270 g/mol. The van der Waals surface area contributed by atoms with Crippen molar-refractivity contribution >= 4 is 28.0 Å². The van der Waals surface area contributed by atoms with Gasteiger partial charge in [0, 0.05) is 23.5 Å². The van der Waals surface area contributed by atoms with Crippen molar-refractivity contribution in [2.45, 2.75) is 27.0 Å². The molecule has 0 bridgehead atoms. The summed E-state index contributed by atoms with van der Waals surface area (Å²) >= 11 is 3.06. The molecule has 0 aromatic carbocycles. The van der Waals surface area contributed by atoms with Gasteiger partial charge in [0.2, 0.25) is 5.13 Å². The van der Waals surface area contributed by atoms with Gasteiger partial charge in [0.05, 0.1) is 17.2 Å². The first kappa shape index (κ1) is 12.4. The van der Waals surface area contributed by atoms with Crippen LogP contribution in [0, 0.1) is 13.8 Å². The predicted molar refractivity (Wildman–Crippen MR) is 69.5 cm³/mol. The minimum atomic E-state index is 0.451. The first-order valence-corrected chi connectivity index (χ1v) is 6.76. The number of nitrogens with one attached hydrogen (secondary N) is 1. The molecule has 2 aromatic rings. The van der Waals surface area contributed by atoms with Crippen LogP contribution in [0.4, 0.5) is 5.13 Å². The lowest BCUT2D eigenvalue weighted by Crippen LogP contribution is -2.01. The smallest absolute Gasteiger partial charge is 0.202 e. The lowest BCUT2D eigenvalue weighted by atomic mass is 10.4. The Hall–Kier alpha value is -1.05. The number of anilines is 1. The van der Waals surface area contributed by atoms with Crippen LogP contribution in [0.15, 0.2) is 0 Å². The van der Waals surface area contributed by atoms with Crippen molar-refractivity contribution in [2.24, 2.45) is 0 Å². The van der Waals surface area contributed by atoms with Crippen LogP contribution in [0.1, 0.15) is 21.4 Å². The molecular weight excluding hydrogens is 256 g/mol. The van der Waals surface area contributed by atoms with Gasteiger partial charge >= 0.3 is 0 Å². The zero-order valence-electron chi connectivity index (χ0n) is 9.98. The van der Waals surface area contributed by atoms with E-state index in [1.165, 1.54) is 16.4 Å². The molecule has 0 radical (unpaired) electrons. The van der Waals surface area contributed by atoms with Crippen LogP contribution in [-0.4, -0.2) is 21.5 Å². The Kier molecular flexibility index (Phi) is 4.03. The number of ether oxygens (including phenoxy) is 1. The molecule has 0 aliphatic carbocycles. The topological polar surface area (TPSA) is 59.9 Å². The molecule has 1 N–H and O–H groups in total. The number of nitrogens with zero attached hydrogens (tertiary/aromatic N) is 3. The number of aryl methyl sites for hydroxylation is 2. The first-order valence-electron chi connectivity index (χ1n) is 5.17. The summed E-state index contributed by atoms with van der Waals surface area (Å²) in [5, 5.41) is 5.13. The third-order valence-electron chi connectivity index (χ3n) is 2.15. The van der Waals surface area contributed by atoms with Crippen molar-refractivity contribution in [3.05, 3.63) is 21.4 Å². The maximum absolute atomic E-state index is 4.97. The van der Waals surface area contributed by atoms with E-state index in [0.717, 1.165) is 15.8 Å². The Morgan fingerprint density at radius 1 is 1.29 bits per heavy atom. The quantitative estimate of drug-likeness (QED) is 0.904. The fourth-order valence-electron chi connectivity index (χ4n) is 1.41. The SMILES string of the molecule is COCc1nsc(NCc2nc(C)sc2C)n1. The minimum absolute atomic E-state index is 0.451. The van der Waals surface area contributed by atoms with Crippen LogP contribution in [0.2, 0.25) is 0 Å². The highest BCUT2D eigenvalue weighted by Gasteiger charge is 2.07. The van der Waals surface area contributed by atoms with Gasteiger partial charge in [0.1, 0.15) is 6.61 Å². The van der Waals surface area contributed by atoms with Gasteiger partial charge in [-0.1, -0.05) is 0 Å². The molecule has 0 saturated heterocycles. The van der Waals surface area contributed by atoms with Crippen LogP contribution >= 0.6 is 22.9 Å². The molecule has 2 heterocycles. The van der Waals surface area contributed by atoms with Crippen molar-refractivity contribution in [1.82, 2.24) is 14.3 Å². The number of hydrogen-bond donors (Lipinski definition) is 1. The third-order valence-corrected chi connectivity index (χ3v) is 3.79. The fourth-order valence-corrected chi connectivity index (χ4v) is 2.81. The fraction of sp³-hybridized carbons (Fsp3) is 0.500. The van der Waals surface area contributed by atoms with Gasteiger partial charge in [-0.3, -0.25) is 0 Å². The number of thiazole rings is 1. The molecular formula is C10H14N4OS2. The molecule has 0 amide bonds. The van der Waals surface area contributed by atoms with E-state index in [1.807, 2.05) is 6.92 Å². The highest BCUT2D eigenvalue weighted by Crippen LogP contribution is 2.18. The molecule has 5 nitrogen and oxygen atoms in total. The van der Waals surface area contributed by atoms with Crippen LogP contribution in [0.25, 0.3) is 0 Å². The summed E-state index contributed by atoms with van der Waals surface area (Å²) < 4.78 is 9.14. The molecule has 0 unspecified atom stereocenters. The van der Waals surface area contributed by atoms with E-state index in [9.17, 15) is 0 Å². The molecule has 2 aromatic heterocycles. The molecule has 7 heteroatoms. The van der Waals surface area contributed by atoms with Gasteiger partial charge in [-0.15, -0.1) is 11.3 Å². The maximum atomic E-state index is 4.97. The highest BCUT2D eigenvalue weighted by atomic mass is 32.1. The molecule has 0 spiro atoms. The van der Waals surface area contributed by atoms with Crippen molar-refractivity contribution in [3.8, 4) is 0 Å². The zero-order chi connectivity index (χ0) is 12.3. The van der Waals surface area contributed by atoms with Crippen LogP contribution in [0.3, 0.4) is 0 Å². The van der Waals surface area contributed by atoms with Gasteiger partial charge in [-0.05, 0) is 13.8 Å². The highest BCUT2D eigenvalue weighted by molar-refractivity contribution is 7.11. The molecule has 0 aliphatic heterocycles. The summed E-state index contributed by atoms with van der Waals surface area (Å²) in [6.07, 6.45) is 0. The predicted octanol–water partition coefficient (Wildman–Crippen LogP) is 2.37. The molecule has 0 saturated carbocycles. The number of hydrogen-bond acceptors (Lipinski definition) is 7. The van der Waals surface area contributed by atoms with E-state index in [0.29, 0.717) is 19.0 Å². The largest absolute Gasteiger partial charge is 0.377 e. The molecule has 0 atom stereocenters. The number of aromatic nitrogens is 3. The summed E-state index contributed by atoms with van der Waals surface area (Å²) in [6.45, 7) is 5.24. The first-order chi connectivity index (χ1) is 8.19. The molecule has 0 aliphatic rings. The van der Waals surface area contributed by atoms with Crippen molar-refractivity contribution in [1.29, 1.82) is 0 Å². The summed E-state index contributed by atoms with van der Waals surface area (Å²) in [5.74, 6) is 0.714. The Balaban J connectivity index is 1.95. The van der Waals surface area contributed by atoms with Gasteiger partial charge in [-0.2, -0.15) is 4.37 Å². The van der Waals surface area contributed by atoms with E-state index in [4.69, 9.17) is 4.74 Å². The average molecular weight is 270 g/mol. The summed E-state index contributed by atoms with van der Waals surface area (Å²) in [7, 11) is 1.63. The Bertz CT molecular complexity index is 494. The second kappa shape index (κ2) is 5.52. The van der Waals surface area contributed by atoms with Crippen LogP contribution in [-0.2, 0) is 17.9 Å². The minimum Gasteiger partial charge on any atom is -0.377 e. The van der Waals surface area contributed by atoms with E-state index < -0.39 is 0 Å². The van der Waals surface area contributed by atoms with E-state index in [2.05, 4.69) is 26.6 Å². The summed E-state index contributed by atoms with van der Waals surface area (Å²) in [4.78, 5) is 10.0. The van der Waals surface area contributed by atoms with Gasteiger partial charge in [0.25, 0.3) is 0 Å². The Labute approximate surface area is 108 Å². The molecule has 0 fully saturated rings. The second-order valence-corrected chi connectivity index (χ2v) is 5.70. The Morgan fingerprint density at radius 2 is 2.12 bits per heavy atom. The van der Waals surface area contributed by atoms with E-state index >= 15 is 0 Å². The van der Waals surface area contributed by atoms with Crippen molar-refractivity contribution in [2.75, 3.05) is 12.4 Å². The van der Waals surface area contributed by atoms with Gasteiger partial charge < -0.3 is 10.1 Å². The van der Waals surface area contributed by atoms with Crippen LogP contribution < -0.4 is 5.32 Å². The number of methoxy groups -OCH3 is 1. The number of rotatable bonds is 5. The average Bonchev–Trinajstić information content (AvgIpc) is 2.83. The summed E-state index contributed by atoms with van der Waals surface area (Å²) in [5.41, 5.74) is 1.08. The third kappa shape index (κ3) is 3.21. The van der Waals surface area contributed by atoms with E-state index in [-0.39, 0.29) is 0 Å².